The van der Waals surface area contributed by atoms with Crippen LogP contribution in [0, 0.1) is 12.8 Å². The van der Waals surface area contributed by atoms with Crippen LogP contribution >= 0.6 is 27.7 Å². The standard InChI is InChI=1S/C12H18BrN3S/c1-8-10(14)7-16-12(11(8)13)15-6-9-2-4-17-5-3-9/h7,9H,2-6,14H2,1H3,(H,15,16). The normalized spacial score (nSPS) is 17.1. The maximum atomic E-state index is 5.81. The predicted octanol–water partition coefficient (Wildman–Crippen LogP) is 3.29. The molecule has 0 aromatic carbocycles. The van der Waals surface area contributed by atoms with E-state index in [1.807, 2.05) is 6.92 Å². The Morgan fingerprint density at radius 2 is 2.24 bits per heavy atom. The maximum absolute atomic E-state index is 5.81. The van der Waals surface area contributed by atoms with Gasteiger partial charge in [0.05, 0.1) is 16.4 Å². The van der Waals surface area contributed by atoms with Crippen LogP contribution in [-0.2, 0) is 0 Å². The molecule has 1 fully saturated rings. The molecule has 0 unspecified atom stereocenters. The van der Waals surface area contributed by atoms with Crippen LogP contribution in [0.4, 0.5) is 11.5 Å². The van der Waals surface area contributed by atoms with E-state index in [4.69, 9.17) is 5.73 Å². The van der Waals surface area contributed by atoms with Gasteiger partial charge in [-0.3, -0.25) is 0 Å². The van der Waals surface area contributed by atoms with Crippen molar-refractivity contribution in [2.24, 2.45) is 5.92 Å². The average Bonchev–Trinajstić information content (AvgIpc) is 2.36. The summed E-state index contributed by atoms with van der Waals surface area (Å²) >= 11 is 5.61. The third-order valence-corrected chi connectivity index (χ3v) is 5.22. The highest BCUT2D eigenvalue weighted by Crippen LogP contribution is 2.29. The number of thioether (sulfide) groups is 1. The Morgan fingerprint density at radius 3 is 2.94 bits per heavy atom. The van der Waals surface area contributed by atoms with E-state index >= 15 is 0 Å². The van der Waals surface area contributed by atoms with Crippen LogP contribution in [0.25, 0.3) is 0 Å². The summed E-state index contributed by atoms with van der Waals surface area (Å²) in [6.45, 7) is 3.01. The highest BCUT2D eigenvalue weighted by atomic mass is 79.9. The Kier molecular flexibility index (Phi) is 4.56. The zero-order valence-electron chi connectivity index (χ0n) is 10.0. The van der Waals surface area contributed by atoms with Gasteiger partial charge in [-0.15, -0.1) is 0 Å². The Hall–Kier alpha value is -0.420. The summed E-state index contributed by atoms with van der Waals surface area (Å²) in [4.78, 5) is 4.33. The van der Waals surface area contributed by atoms with E-state index in [0.717, 1.165) is 34.0 Å². The van der Waals surface area contributed by atoms with Crippen molar-refractivity contribution in [3.8, 4) is 0 Å². The molecule has 2 rings (SSSR count). The summed E-state index contributed by atoms with van der Waals surface area (Å²) in [6, 6.07) is 0. The SMILES string of the molecule is Cc1c(N)cnc(NCC2CCSCC2)c1Br. The van der Waals surface area contributed by atoms with Crippen LogP contribution in [0.15, 0.2) is 10.7 Å². The molecule has 5 heteroatoms. The number of rotatable bonds is 3. The fraction of sp³-hybridized carbons (Fsp3) is 0.583. The molecule has 0 bridgehead atoms. The van der Waals surface area contributed by atoms with Gasteiger partial charge < -0.3 is 11.1 Å². The quantitative estimate of drug-likeness (QED) is 0.898. The van der Waals surface area contributed by atoms with Gasteiger partial charge in [-0.1, -0.05) is 0 Å². The number of hydrogen-bond acceptors (Lipinski definition) is 4. The second-order valence-electron chi connectivity index (χ2n) is 4.44. The van der Waals surface area contributed by atoms with Crippen molar-refractivity contribution in [2.75, 3.05) is 29.1 Å². The molecule has 94 valence electrons. The second-order valence-corrected chi connectivity index (χ2v) is 6.46. The van der Waals surface area contributed by atoms with Crippen LogP contribution in [0.5, 0.6) is 0 Å². The van der Waals surface area contributed by atoms with Crippen LogP contribution in [-0.4, -0.2) is 23.0 Å². The Balaban J connectivity index is 1.96. The van der Waals surface area contributed by atoms with Gasteiger partial charge in [0.1, 0.15) is 5.82 Å². The molecular formula is C12H18BrN3S. The minimum atomic E-state index is 0.733. The van der Waals surface area contributed by atoms with E-state index < -0.39 is 0 Å². The number of hydrogen-bond donors (Lipinski definition) is 2. The van der Waals surface area contributed by atoms with Gasteiger partial charge in [0, 0.05) is 6.54 Å². The minimum absolute atomic E-state index is 0.733. The highest BCUT2D eigenvalue weighted by molar-refractivity contribution is 9.10. The summed E-state index contributed by atoms with van der Waals surface area (Å²) in [5, 5.41) is 3.43. The zero-order chi connectivity index (χ0) is 12.3. The Morgan fingerprint density at radius 1 is 1.53 bits per heavy atom. The average molecular weight is 316 g/mol. The molecule has 3 nitrogen and oxygen atoms in total. The van der Waals surface area contributed by atoms with Gasteiger partial charge in [0.15, 0.2) is 0 Å². The molecular weight excluding hydrogens is 298 g/mol. The molecule has 3 N–H and O–H groups in total. The van der Waals surface area contributed by atoms with E-state index in [-0.39, 0.29) is 0 Å². The number of nitrogens with one attached hydrogen (secondary N) is 1. The van der Waals surface area contributed by atoms with E-state index in [9.17, 15) is 0 Å². The van der Waals surface area contributed by atoms with Gasteiger partial charge in [0.2, 0.25) is 0 Å². The number of nitrogens with zero attached hydrogens (tertiary/aromatic N) is 1. The molecule has 0 spiro atoms. The minimum Gasteiger partial charge on any atom is -0.397 e. The van der Waals surface area contributed by atoms with Crippen molar-refractivity contribution in [1.29, 1.82) is 0 Å². The molecule has 1 aromatic heterocycles. The smallest absolute Gasteiger partial charge is 0.140 e. The first kappa shape index (κ1) is 13.0. The largest absolute Gasteiger partial charge is 0.397 e. The third-order valence-electron chi connectivity index (χ3n) is 3.20. The van der Waals surface area contributed by atoms with Crippen molar-refractivity contribution >= 4 is 39.2 Å². The van der Waals surface area contributed by atoms with E-state index in [1.54, 1.807) is 6.20 Å². The number of pyridine rings is 1. The summed E-state index contributed by atoms with van der Waals surface area (Å²) < 4.78 is 0.989. The molecule has 17 heavy (non-hydrogen) atoms. The van der Waals surface area contributed by atoms with Crippen molar-refractivity contribution in [3.63, 3.8) is 0 Å². The molecule has 1 aliphatic heterocycles. The number of anilines is 2. The van der Waals surface area contributed by atoms with Crippen molar-refractivity contribution in [2.45, 2.75) is 19.8 Å². The number of aromatic nitrogens is 1. The lowest BCUT2D eigenvalue weighted by Gasteiger charge is -2.22. The van der Waals surface area contributed by atoms with E-state index in [0.29, 0.717) is 0 Å². The molecule has 1 saturated heterocycles. The van der Waals surface area contributed by atoms with Crippen LogP contribution in [0.2, 0.25) is 0 Å². The first-order chi connectivity index (χ1) is 8.18. The Labute approximate surface area is 115 Å². The molecule has 0 amide bonds. The van der Waals surface area contributed by atoms with Gasteiger partial charge in [-0.25, -0.2) is 4.98 Å². The second kappa shape index (κ2) is 5.96. The summed E-state index contributed by atoms with van der Waals surface area (Å²) in [5.41, 5.74) is 7.60. The van der Waals surface area contributed by atoms with E-state index in [2.05, 4.69) is 38.0 Å². The topological polar surface area (TPSA) is 50.9 Å². The monoisotopic (exact) mass is 315 g/mol. The van der Waals surface area contributed by atoms with Crippen molar-refractivity contribution < 1.29 is 0 Å². The third kappa shape index (κ3) is 3.28. The number of halogens is 1. The van der Waals surface area contributed by atoms with Gasteiger partial charge in [-0.2, -0.15) is 11.8 Å². The Bertz CT molecular complexity index is 392. The molecule has 0 radical (unpaired) electrons. The summed E-state index contributed by atoms with van der Waals surface area (Å²) in [7, 11) is 0. The van der Waals surface area contributed by atoms with Gasteiger partial charge in [-0.05, 0) is 58.7 Å². The van der Waals surface area contributed by atoms with Gasteiger partial charge in [0.25, 0.3) is 0 Å². The van der Waals surface area contributed by atoms with Gasteiger partial charge >= 0.3 is 0 Å². The lowest BCUT2D eigenvalue weighted by atomic mass is 10.0. The lowest BCUT2D eigenvalue weighted by Crippen LogP contribution is -2.19. The van der Waals surface area contributed by atoms with Crippen molar-refractivity contribution in [3.05, 3.63) is 16.2 Å². The number of nitrogen functional groups attached to an aromatic ring is 1. The lowest BCUT2D eigenvalue weighted by molar-refractivity contribution is 0.515. The first-order valence-corrected chi connectivity index (χ1v) is 7.85. The maximum Gasteiger partial charge on any atom is 0.140 e. The molecule has 0 atom stereocenters. The number of nitrogens with two attached hydrogens (primary N) is 1. The first-order valence-electron chi connectivity index (χ1n) is 5.90. The molecule has 1 aliphatic rings. The zero-order valence-corrected chi connectivity index (χ0v) is 12.4. The predicted molar refractivity (Wildman–Crippen MR) is 79.6 cm³/mol. The molecule has 2 heterocycles. The fourth-order valence-corrected chi connectivity index (χ4v) is 3.58. The fourth-order valence-electron chi connectivity index (χ4n) is 1.91. The summed E-state index contributed by atoms with van der Waals surface area (Å²) in [5.74, 6) is 4.28. The molecule has 1 aromatic rings. The van der Waals surface area contributed by atoms with Crippen LogP contribution in [0.1, 0.15) is 18.4 Å². The molecule has 0 aliphatic carbocycles. The van der Waals surface area contributed by atoms with Crippen LogP contribution < -0.4 is 11.1 Å². The highest BCUT2D eigenvalue weighted by Gasteiger charge is 2.14. The van der Waals surface area contributed by atoms with Crippen molar-refractivity contribution in [1.82, 2.24) is 4.98 Å². The van der Waals surface area contributed by atoms with E-state index in [1.165, 1.54) is 24.3 Å². The van der Waals surface area contributed by atoms with Crippen LogP contribution in [0.3, 0.4) is 0 Å². The molecule has 0 saturated carbocycles. The summed E-state index contributed by atoms with van der Waals surface area (Å²) in [6.07, 6.45) is 4.34.